The molecule has 13 aromatic rings. The Hall–Kier alpha value is -7.43. The van der Waals surface area contributed by atoms with Gasteiger partial charge >= 0.3 is 0 Å². The Labute approximate surface area is 345 Å². The van der Waals surface area contributed by atoms with Crippen molar-refractivity contribution in [2.45, 2.75) is 0 Å². The molecular formula is C53H28N4S2. The molecule has 0 unspecified atom stereocenters. The van der Waals surface area contributed by atoms with Crippen molar-refractivity contribution in [2.75, 3.05) is 0 Å². The summed E-state index contributed by atoms with van der Waals surface area (Å²) in [6.45, 7) is 0. The van der Waals surface area contributed by atoms with Crippen molar-refractivity contribution in [3.63, 3.8) is 0 Å². The van der Waals surface area contributed by atoms with Crippen LogP contribution in [0.1, 0.15) is 5.56 Å². The fourth-order valence-corrected chi connectivity index (χ4v) is 11.5. The first-order valence-corrected chi connectivity index (χ1v) is 21.2. The van der Waals surface area contributed by atoms with Gasteiger partial charge in [0.25, 0.3) is 0 Å². The summed E-state index contributed by atoms with van der Waals surface area (Å²) in [6.07, 6.45) is 0. The van der Waals surface area contributed by atoms with Gasteiger partial charge in [-0.25, -0.2) is 9.97 Å². The van der Waals surface area contributed by atoms with Gasteiger partial charge in [0.2, 0.25) is 0 Å². The number of hydrogen-bond acceptors (Lipinski definition) is 5. The number of hydrogen-bond donors (Lipinski definition) is 0. The molecule has 0 aliphatic rings. The van der Waals surface area contributed by atoms with Crippen LogP contribution in [0.2, 0.25) is 0 Å². The molecule has 0 fully saturated rings. The number of nitriles is 1. The predicted octanol–water partition coefficient (Wildman–Crippen LogP) is 15.0. The molecule has 9 aromatic carbocycles. The Morgan fingerprint density at radius 1 is 0.424 bits per heavy atom. The lowest BCUT2D eigenvalue weighted by atomic mass is 10.0. The second-order valence-corrected chi connectivity index (χ2v) is 17.4. The number of thiophene rings is 2. The highest BCUT2D eigenvalue weighted by Crippen LogP contribution is 2.44. The summed E-state index contributed by atoms with van der Waals surface area (Å²) in [5, 5.41) is 22.9. The van der Waals surface area contributed by atoms with E-state index in [1.807, 2.05) is 29.5 Å². The zero-order valence-electron chi connectivity index (χ0n) is 31.3. The first-order chi connectivity index (χ1) is 29.1. The fourth-order valence-electron chi connectivity index (χ4n) is 9.17. The van der Waals surface area contributed by atoms with Crippen LogP contribution in [-0.2, 0) is 0 Å². The number of benzene rings is 9. The minimum absolute atomic E-state index is 0.660. The maximum atomic E-state index is 9.95. The highest BCUT2D eigenvalue weighted by Gasteiger charge is 2.19. The normalized spacial score (nSPS) is 12.1. The molecule has 0 saturated carbocycles. The minimum atomic E-state index is 0.660. The lowest BCUT2D eigenvalue weighted by Gasteiger charge is -2.11. The van der Waals surface area contributed by atoms with Crippen molar-refractivity contribution in [1.82, 2.24) is 14.5 Å². The molecule has 59 heavy (non-hydrogen) atoms. The van der Waals surface area contributed by atoms with E-state index < -0.39 is 0 Å². The van der Waals surface area contributed by atoms with Crippen molar-refractivity contribution in [3.05, 3.63) is 175 Å². The summed E-state index contributed by atoms with van der Waals surface area (Å²) < 4.78 is 7.33. The summed E-state index contributed by atoms with van der Waals surface area (Å²) in [7, 11) is 0. The molecule has 0 aliphatic carbocycles. The highest BCUT2D eigenvalue weighted by molar-refractivity contribution is 7.26. The Kier molecular flexibility index (Phi) is 6.80. The van der Waals surface area contributed by atoms with Gasteiger partial charge in [0.05, 0.1) is 33.9 Å². The van der Waals surface area contributed by atoms with Crippen molar-refractivity contribution in [1.29, 1.82) is 5.26 Å². The third-order valence-electron chi connectivity index (χ3n) is 12.0. The van der Waals surface area contributed by atoms with Crippen LogP contribution in [0.5, 0.6) is 0 Å². The molecule has 0 spiro atoms. The molecule has 0 N–H and O–H groups in total. The average Bonchev–Trinajstić information content (AvgIpc) is 3.94. The summed E-state index contributed by atoms with van der Waals surface area (Å²) in [5.74, 6) is 0.718. The Balaban J connectivity index is 0.998. The SMILES string of the molecule is N#Cc1ccc2c(c1)c1cc3c(cc1n2-c1ccc2sc4cc(-c5nc(-c6ccccc6)c6ccc7ccccc7c6n5)ccc4c2c1)sc1cc2ccccc2cc13. The van der Waals surface area contributed by atoms with Crippen LogP contribution in [0, 0.1) is 11.3 Å². The smallest absolute Gasteiger partial charge is 0.160 e. The Morgan fingerprint density at radius 2 is 1.14 bits per heavy atom. The van der Waals surface area contributed by atoms with E-state index in [1.165, 1.54) is 51.1 Å². The summed E-state index contributed by atoms with van der Waals surface area (Å²) in [4.78, 5) is 10.5. The van der Waals surface area contributed by atoms with Gasteiger partial charge in [-0.1, -0.05) is 97.1 Å². The maximum absolute atomic E-state index is 9.95. The molecule has 272 valence electrons. The second kappa shape index (κ2) is 12.3. The monoisotopic (exact) mass is 784 g/mol. The quantitative estimate of drug-likeness (QED) is 0.168. The van der Waals surface area contributed by atoms with Crippen molar-refractivity contribution in [3.8, 4) is 34.4 Å². The molecule has 0 radical (unpaired) electrons. The van der Waals surface area contributed by atoms with E-state index in [0.717, 1.165) is 71.8 Å². The van der Waals surface area contributed by atoms with Crippen LogP contribution in [-0.4, -0.2) is 14.5 Å². The summed E-state index contributed by atoms with van der Waals surface area (Å²) in [5.41, 5.74) is 7.93. The number of aromatic nitrogens is 3. The molecule has 0 bridgehead atoms. The van der Waals surface area contributed by atoms with Crippen LogP contribution >= 0.6 is 22.7 Å². The van der Waals surface area contributed by atoms with Gasteiger partial charge in [0, 0.05) is 78.7 Å². The van der Waals surface area contributed by atoms with Gasteiger partial charge in [0.1, 0.15) is 0 Å². The third-order valence-corrected chi connectivity index (χ3v) is 14.2. The molecular weight excluding hydrogens is 757 g/mol. The molecule has 4 nitrogen and oxygen atoms in total. The van der Waals surface area contributed by atoms with Gasteiger partial charge in [-0.15, -0.1) is 22.7 Å². The number of fused-ring (bicyclic) bond motifs is 13. The minimum Gasteiger partial charge on any atom is -0.309 e. The zero-order valence-corrected chi connectivity index (χ0v) is 32.9. The molecule has 0 saturated heterocycles. The Bertz CT molecular complexity index is 3980. The van der Waals surface area contributed by atoms with E-state index in [0.29, 0.717) is 5.56 Å². The molecule has 6 heteroatoms. The van der Waals surface area contributed by atoms with Crippen LogP contribution in [0.4, 0.5) is 0 Å². The Morgan fingerprint density at radius 3 is 2.02 bits per heavy atom. The number of rotatable bonds is 3. The predicted molar refractivity (Wildman–Crippen MR) is 250 cm³/mol. The topological polar surface area (TPSA) is 54.5 Å². The molecule has 0 amide bonds. The van der Waals surface area contributed by atoms with Crippen molar-refractivity contribution in [2.24, 2.45) is 0 Å². The van der Waals surface area contributed by atoms with Gasteiger partial charge < -0.3 is 4.57 Å². The van der Waals surface area contributed by atoms with Crippen molar-refractivity contribution >= 4 is 117 Å². The summed E-state index contributed by atoms with van der Waals surface area (Å²) >= 11 is 3.65. The highest BCUT2D eigenvalue weighted by atomic mass is 32.1. The zero-order chi connectivity index (χ0) is 38.8. The van der Waals surface area contributed by atoms with Gasteiger partial charge in [-0.3, -0.25) is 0 Å². The van der Waals surface area contributed by atoms with E-state index in [1.54, 1.807) is 11.3 Å². The van der Waals surface area contributed by atoms with Crippen LogP contribution in [0.25, 0.3) is 123 Å². The molecule has 0 atom stereocenters. The standard InChI is InChI=1S/C53H28N4S2/c54-29-30-14-20-45-40(22-30)41-27-44-42-23-33-11-4-5-12-34(33)24-49(42)59-50(44)28-46(41)57(45)36-17-21-47-43(26-36)38-18-16-35(25-48(38)58-47)53-55-51(32-9-2-1-3-10-32)39-19-15-31-8-6-7-13-37(31)52(39)56-53/h1-28H. The molecule has 0 aliphatic heterocycles. The number of nitrogens with zero attached hydrogens (tertiary/aromatic N) is 4. The molecule has 4 heterocycles. The van der Waals surface area contributed by atoms with Crippen molar-refractivity contribution < 1.29 is 0 Å². The van der Waals surface area contributed by atoms with E-state index >= 15 is 0 Å². The first-order valence-electron chi connectivity index (χ1n) is 19.6. The van der Waals surface area contributed by atoms with E-state index in [-0.39, 0.29) is 0 Å². The molecule has 13 rings (SSSR count). The average molecular weight is 785 g/mol. The molecule has 4 aromatic heterocycles. The van der Waals surface area contributed by atoms with E-state index in [9.17, 15) is 5.26 Å². The third kappa shape index (κ3) is 4.87. The lowest BCUT2D eigenvalue weighted by Crippen LogP contribution is -1.96. The van der Waals surface area contributed by atoms with Gasteiger partial charge in [-0.05, 0) is 89.0 Å². The second-order valence-electron chi connectivity index (χ2n) is 15.3. The first kappa shape index (κ1) is 32.6. The van der Waals surface area contributed by atoms with Crippen LogP contribution in [0.15, 0.2) is 170 Å². The maximum Gasteiger partial charge on any atom is 0.160 e. The van der Waals surface area contributed by atoms with Gasteiger partial charge in [0.15, 0.2) is 5.82 Å². The van der Waals surface area contributed by atoms with E-state index in [2.05, 4.69) is 162 Å². The fraction of sp³-hybridized carbons (Fsp3) is 0. The van der Waals surface area contributed by atoms with E-state index in [4.69, 9.17) is 9.97 Å². The van der Waals surface area contributed by atoms with Crippen LogP contribution in [0.3, 0.4) is 0 Å². The lowest BCUT2D eigenvalue weighted by molar-refractivity contribution is 1.19. The van der Waals surface area contributed by atoms with Gasteiger partial charge in [-0.2, -0.15) is 5.26 Å². The summed E-state index contributed by atoms with van der Waals surface area (Å²) in [6, 6.07) is 63.1. The largest absolute Gasteiger partial charge is 0.309 e. The van der Waals surface area contributed by atoms with Crippen LogP contribution < -0.4 is 0 Å².